The highest BCUT2D eigenvalue weighted by atomic mass is 16.5. The Morgan fingerprint density at radius 2 is 2.29 bits per heavy atom. The third kappa shape index (κ3) is 2.50. The lowest BCUT2D eigenvalue weighted by atomic mass is 10.1. The maximum Gasteiger partial charge on any atom is 0.228 e. The van der Waals surface area contributed by atoms with Crippen LogP contribution in [0.3, 0.4) is 0 Å². The van der Waals surface area contributed by atoms with Crippen LogP contribution in [0.5, 0.6) is 0 Å². The molecule has 5 heteroatoms. The van der Waals surface area contributed by atoms with E-state index >= 15 is 0 Å². The number of hydrogen-bond acceptors (Lipinski definition) is 5. The molecule has 94 valence electrons. The molecule has 1 aromatic heterocycles. The van der Waals surface area contributed by atoms with Crippen molar-refractivity contribution in [2.75, 3.05) is 20.3 Å². The first-order valence-electron chi connectivity index (χ1n) is 6.44. The molecule has 0 aromatic carbocycles. The Kier molecular flexibility index (Phi) is 3.11. The predicted octanol–water partition coefficient (Wildman–Crippen LogP) is 1.11. The molecule has 3 rings (SSSR count). The Morgan fingerprint density at radius 3 is 2.94 bits per heavy atom. The Morgan fingerprint density at radius 1 is 1.41 bits per heavy atom. The van der Waals surface area contributed by atoms with Crippen LogP contribution >= 0.6 is 0 Å². The molecule has 1 N–H and O–H groups in total. The second-order valence-corrected chi connectivity index (χ2v) is 5.04. The maximum absolute atomic E-state index is 5.34. The smallest absolute Gasteiger partial charge is 0.228 e. The van der Waals surface area contributed by atoms with E-state index in [1.54, 1.807) is 0 Å². The number of rotatable bonds is 5. The highest BCUT2D eigenvalue weighted by Gasteiger charge is 2.32. The Labute approximate surface area is 101 Å². The predicted molar refractivity (Wildman–Crippen MR) is 61.8 cm³/mol. The minimum absolute atomic E-state index is 0.335. The SMILES string of the molecule is CNC(Cc1nc(C2CCOC2)no1)C1CC1. The minimum Gasteiger partial charge on any atom is -0.381 e. The number of nitrogens with zero attached hydrogens (tertiary/aromatic N) is 2. The van der Waals surface area contributed by atoms with Gasteiger partial charge in [0.25, 0.3) is 0 Å². The summed E-state index contributed by atoms with van der Waals surface area (Å²) in [5.41, 5.74) is 0. The molecule has 17 heavy (non-hydrogen) atoms. The van der Waals surface area contributed by atoms with E-state index in [1.165, 1.54) is 12.8 Å². The van der Waals surface area contributed by atoms with Crippen LogP contribution in [0.25, 0.3) is 0 Å². The number of nitrogens with one attached hydrogen (secondary N) is 1. The average Bonchev–Trinajstić information content (AvgIpc) is 2.88. The third-order valence-corrected chi connectivity index (χ3v) is 3.74. The molecule has 1 aliphatic carbocycles. The van der Waals surface area contributed by atoms with Crippen LogP contribution in [0.2, 0.25) is 0 Å². The minimum atomic E-state index is 0.335. The molecule has 1 saturated heterocycles. The van der Waals surface area contributed by atoms with Gasteiger partial charge >= 0.3 is 0 Å². The van der Waals surface area contributed by atoms with Gasteiger partial charge in [-0.25, -0.2) is 0 Å². The fraction of sp³-hybridized carbons (Fsp3) is 0.833. The van der Waals surface area contributed by atoms with Crippen LogP contribution in [0, 0.1) is 5.92 Å². The van der Waals surface area contributed by atoms with Gasteiger partial charge < -0.3 is 14.6 Å². The molecule has 1 saturated carbocycles. The Hall–Kier alpha value is -0.940. The molecule has 2 atom stereocenters. The van der Waals surface area contributed by atoms with Gasteiger partial charge in [-0.2, -0.15) is 4.98 Å². The summed E-state index contributed by atoms with van der Waals surface area (Å²) in [5, 5.41) is 7.41. The molecule has 2 aliphatic rings. The first-order chi connectivity index (χ1) is 8.36. The van der Waals surface area contributed by atoms with Crippen molar-refractivity contribution in [3.63, 3.8) is 0 Å². The molecule has 2 heterocycles. The fourth-order valence-electron chi connectivity index (χ4n) is 2.45. The van der Waals surface area contributed by atoms with Gasteiger partial charge in [-0.05, 0) is 32.2 Å². The summed E-state index contributed by atoms with van der Waals surface area (Å²) in [4.78, 5) is 4.49. The van der Waals surface area contributed by atoms with Crippen molar-refractivity contribution in [1.29, 1.82) is 0 Å². The Bertz CT molecular complexity index is 370. The zero-order valence-electron chi connectivity index (χ0n) is 10.2. The van der Waals surface area contributed by atoms with Crippen LogP contribution < -0.4 is 5.32 Å². The van der Waals surface area contributed by atoms with E-state index in [0.29, 0.717) is 12.0 Å². The van der Waals surface area contributed by atoms with E-state index in [-0.39, 0.29) is 0 Å². The van der Waals surface area contributed by atoms with Gasteiger partial charge in [0.1, 0.15) is 0 Å². The average molecular weight is 237 g/mol. The summed E-state index contributed by atoms with van der Waals surface area (Å²) >= 11 is 0. The van der Waals surface area contributed by atoms with Crippen LogP contribution in [-0.4, -0.2) is 36.4 Å². The number of ether oxygens (including phenoxy) is 1. The molecular weight excluding hydrogens is 218 g/mol. The van der Waals surface area contributed by atoms with Crippen molar-refractivity contribution in [2.45, 2.75) is 37.6 Å². The molecule has 2 fully saturated rings. The van der Waals surface area contributed by atoms with E-state index in [9.17, 15) is 0 Å². The van der Waals surface area contributed by atoms with Gasteiger partial charge in [-0.1, -0.05) is 5.16 Å². The second kappa shape index (κ2) is 4.74. The molecule has 0 bridgehead atoms. The highest BCUT2D eigenvalue weighted by Crippen LogP contribution is 2.34. The summed E-state index contributed by atoms with van der Waals surface area (Å²) in [7, 11) is 2.01. The molecule has 5 nitrogen and oxygen atoms in total. The molecule has 0 amide bonds. The van der Waals surface area contributed by atoms with Gasteiger partial charge in [0, 0.05) is 25.0 Å². The van der Waals surface area contributed by atoms with Gasteiger partial charge in [-0.3, -0.25) is 0 Å². The maximum atomic E-state index is 5.34. The van der Waals surface area contributed by atoms with Crippen LogP contribution in [0.15, 0.2) is 4.52 Å². The lowest BCUT2D eigenvalue weighted by molar-refractivity contribution is 0.192. The highest BCUT2D eigenvalue weighted by molar-refractivity contribution is 5.00. The number of likely N-dealkylation sites (N-methyl/N-ethyl adjacent to an activating group) is 1. The molecule has 1 aliphatic heterocycles. The van der Waals surface area contributed by atoms with Gasteiger partial charge in [0.05, 0.1) is 6.61 Å². The quantitative estimate of drug-likeness (QED) is 0.831. The van der Waals surface area contributed by atoms with E-state index < -0.39 is 0 Å². The first-order valence-corrected chi connectivity index (χ1v) is 6.44. The number of hydrogen-bond donors (Lipinski definition) is 1. The topological polar surface area (TPSA) is 60.2 Å². The third-order valence-electron chi connectivity index (χ3n) is 3.74. The van der Waals surface area contributed by atoms with Crippen molar-refractivity contribution in [3.05, 3.63) is 11.7 Å². The molecule has 0 spiro atoms. The molecule has 1 aromatic rings. The normalized spacial score (nSPS) is 26.3. The van der Waals surface area contributed by atoms with Crippen molar-refractivity contribution in [2.24, 2.45) is 5.92 Å². The fourth-order valence-corrected chi connectivity index (χ4v) is 2.45. The molecular formula is C12H19N3O2. The standard InChI is InChI=1S/C12H19N3O2/c1-13-10(8-2-3-8)6-11-14-12(15-17-11)9-4-5-16-7-9/h8-10,13H,2-7H2,1H3. The summed E-state index contributed by atoms with van der Waals surface area (Å²) < 4.78 is 10.7. The van der Waals surface area contributed by atoms with Crippen molar-refractivity contribution in [1.82, 2.24) is 15.5 Å². The molecule has 2 unspecified atom stereocenters. The van der Waals surface area contributed by atoms with Crippen molar-refractivity contribution >= 4 is 0 Å². The summed E-state index contributed by atoms with van der Waals surface area (Å²) in [6, 6.07) is 0.489. The summed E-state index contributed by atoms with van der Waals surface area (Å²) in [6.45, 7) is 1.55. The summed E-state index contributed by atoms with van der Waals surface area (Å²) in [6.07, 6.45) is 4.50. The second-order valence-electron chi connectivity index (χ2n) is 5.04. The first kappa shape index (κ1) is 11.2. The monoisotopic (exact) mass is 237 g/mol. The zero-order chi connectivity index (χ0) is 11.7. The van der Waals surface area contributed by atoms with Crippen molar-refractivity contribution in [3.8, 4) is 0 Å². The zero-order valence-corrected chi connectivity index (χ0v) is 10.2. The Balaban J connectivity index is 1.62. The van der Waals surface area contributed by atoms with E-state index in [2.05, 4.69) is 15.5 Å². The lowest BCUT2D eigenvalue weighted by Gasteiger charge is -2.11. The van der Waals surface area contributed by atoms with Gasteiger partial charge in [-0.15, -0.1) is 0 Å². The van der Waals surface area contributed by atoms with Crippen LogP contribution in [-0.2, 0) is 11.2 Å². The lowest BCUT2D eigenvalue weighted by Crippen LogP contribution is -2.29. The van der Waals surface area contributed by atoms with Gasteiger partial charge in [0.2, 0.25) is 5.89 Å². The van der Waals surface area contributed by atoms with E-state index in [0.717, 1.165) is 43.7 Å². The van der Waals surface area contributed by atoms with Gasteiger partial charge in [0.15, 0.2) is 5.82 Å². The number of aromatic nitrogens is 2. The molecule has 0 radical (unpaired) electrons. The van der Waals surface area contributed by atoms with E-state index in [1.807, 2.05) is 7.05 Å². The van der Waals surface area contributed by atoms with E-state index in [4.69, 9.17) is 9.26 Å². The van der Waals surface area contributed by atoms with Crippen LogP contribution in [0.1, 0.15) is 36.9 Å². The summed E-state index contributed by atoms with van der Waals surface area (Å²) in [5.74, 6) is 2.72. The largest absolute Gasteiger partial charge is 0.381 e. The van der Waals surface area contributed by atoms with Crippen LogP contribution in [0.4, 0.5) is 0 Å². The van der Waals surface area contributed by atoms with Crippen molar-refractivity contribution < 1.29 is 9.26 Å².